The molecule has 0 aliphatic carbocycles. The van der Waals surface area contributed by atoms with E-state index < -0.39 is 0 Å². The van der Waals surface area contributed by atoms with E-state index in [9.17, 15) is 0 Å². The number of fused-ring (bicyclic) bond motifs is 1. The molecule has 3 rings (SSSR count). The first-order valence-corrected chi connectivity index (χ1v) is 7.29. The number of hydrogen-bond acceptors (Lipinski definition) is 3. The minimum atomic E-state index is 0.538. The lowest BCUT2D eigenvalue weighted by atomic mass is 10.1. The summed E-state index contributed by atoms with van der Waals surface area (Å²) < 4.78 is 1.06. The Balaban J connectivity index is 2.00. The lowest BCUT2D eigenvalue weighted by Gasteiger charge is -2.09. The van der Waals surface area contributed by atoms with Crippen LogP contribution in [-0.2, 0) is 0 Å². The normalized spacial score (nSPS) is 10.3. The zero-order valence-electron chi connectivity index (χ0n) is 11.4. The van der Waals surface area contributed by atoms with Gasteiger partial charge in [0.05, 0.1) is 5.56 Å². The summed E-state index contributed by atoms with van der Waals surface area (Å²) in [5, 5.41) is 14.7. The van der Waals surface area contributed by atoms with Gasteiger partial charge in [-0.15, -0.1) is 0 Å². The van der Waals surface area contributed by atoms with Gasteiger partial charge in [0.25, 0.3) is 0 Å². The molecule has 0 atom stereocenters. The molecule has 0 spiro atoms. The molecule has 21 heavy (non-hydrogen) atoms. The van der Waals surface area contributed by atoms with Gasteiger partial charge in [-0.25, -0.2) is 4.98 Å². The largest absolute Gasteiger partial charge is 0.339 e. The Hall–Kier alpha value is -2.38. The molecule has 1 heterocycles. The second kappa shape index (κ2) is 5.55. The maximum atomic E-state index is 9.15. The van der Waals surface area contributed by atoms with E-state index in [4.69, 9.17) is 5.26 Å². The van der Waals surface area contributed by atoms with Crippen molar-refractivity contribution in [3.63, 3.8) is 0 Å². The highest BCUT2D eigenvalue weighted by Crippen LogP contribution is 2.25. The van der Waals surface area contributed by atoms with E-state index in [1.54, 1.807) is 6.07 Å². The Bertz CT molecular complexity index is 866. The maximum Gasteiger partial charge on any atom is 0.148 e. The molecule has 0 aliphatic heterocycles. The SMILES string of the molecule is Cc1ccc(C#N)c(Nc2ccc3cc(Br)ccc3c2)n1. The maximum absolute atomic E-state index is 9.15. The fraction of sp³-hybridized carbons (Fsp3) is 0.0588. The average Bonchev–Trinajstić information content (AvgIpc) is 2.48. The van der Waals surface area contributed by atoms with Crippen molar-refractivity contribution < 1.29 is 0 Å². The van der Waals surface area contributed by atoms with Crippen LogP contribution in [0.1, 0.15) is 11.3 Å². The molecule has 1 aromatic heterocycles. The predicted octanol–water partition coefficient (Wildman–Crippen LogP) is 4.92. The highest BCUT2D eigenvalue weighted by atomic mass is 79.9. The van der Waals surface area contributed by atoms with Crippen LogP contribution in [0, 0.1) is 18.3 Å². The third-order valence-corrected chi connectivity index (χ3v) is 3.71. The van der Waals surface area contributed by atoms with Crippen molar-refractivity contribution in [3.8, 4) is 6.07 Å². The van der Waals surface area contributed by atoms with Crippen LogP contribution in [0.3, 0.4) is 0 Å². The number of halogens is 1. The number of aryl methyl sites for hydroxylation is 1. The second-order valence-electron chi connectivity index (χ2n) is 4.79. The van der Waals surface area contributed by atoms with Gasteiger partial charge in [-0.2, -0.15) is 5.26 Å². The number of rotatable bonds is 2. The first-order chi connectivity index (χ1) is 10.2. The molecular formula is C17H12BrN3. The molecule has 3 nitrogen and oxygen atoms in total. The van der Waals surface area contributed by atoms with E-state index in [-0.39, 0.29) is 0 Å². The number of nitrogens with zero attached hydrogens (tertiary/aromatic N) is 2. The number of anilines is 2. The molecule has 3 aromatic rings. The number of nitrogens with one attached hydrogen (secondary N) is 1. The summed E-state index contributed by atoms with van der Waals surface area (Å²) in [6.07, 6.45) is 0. The van der Waals surface area contributed by atoms with Gasteiger partial charge in [0, 0.05) is 15.9 Å². The number of aromatic nitrogens is 1. The number of hydrogen-bond donors (Lipinski definition) is 1. The fourth-order valence-electron chi connectivity index (χ4n) is 2.17. The lowest BCUT2D eigenvalue weighted by Crippen LogP contribution is -1.98. The molecule has 0 saturated heterocycles. The molecule has 0 bridgehead atoms. The molecule has 102 valence electrons. The molecule has 0 unspecified atom stereocenters. The Morgan fingerprint density at radius 3 is 2.62 bits per heavy atom. The molecule has 0 fully saturated rings. The minimum absolute atomic E-state index is 0.538. The smallest absolute Gasteiger partial charge is 0.148 e. The van der Waals surface area contributed by atoms with Gasteiger partial charge < -0.3 is 5.32 Å². The van der Waals surface area contributed by atoms with Gasteiger partial charge >= 0.3 is 0 Å². The van der Waals surface area contributed by atoms with Crippen molar-refractivity contribution >= 4 is 38.2 Å². The number of benzene rings is 2. The van der Waals surface area contributed by atoms with Gasteiger partial charge in [-0.05, 0) is 54.1 Å². The average molecular weight is 338 g/mol. The Morgan fingerprint density at radius 1 is 1.05 bits per heavy atom. The number of pyridine rings is 1. The summed E-state index contributed by atoms with van der Waals surface area (Å²) in [6.45, 7) is 1.91. The van der Waals surface area contributed by atoms with Crippen molar-refractivity contribution in [2.75, 3.05) is 5.32 Å². The van der Waals surface area contributed by atoms with Crippen LogP contribution < -0.4 is 5.32 Å². The predicted molar refractivity (Wildman–Crippen MR) is 88.6 cm³/mol. The van der Waals surface area contributed by atoms with Crippen LogP contribution in [-0.4, -0.2) is 4.98 Å². The van der Waals surface area contributed by atoms with Gasteiger partial charge in [0.2, 0.25) is 0 Å². The quantitative estimate of drug-likeness (QED) is 0.721. The zero-order chi connectivity index (χ0) is 14.8. The van der Waals surface area contributed by atoms with Crippen LogP contribution >= 0.6 is 15.9 Å². The number of nitriles is 1. The summed E-state index contributed by atoms with van der Waals surface area (Å²) in [5.41, 5.74) is 2.33. The van der Waals surface area contributed by atoms with Gasteiger partial charge in [0.1, 0.15) is 11.9 Å². The van der Waals surface area contributed by atoms with Crippen molar-refractivity contribution in [3.05, 3.63) is 64.3 Å². The van der Waals surface area contributed by atoms with Crippen LogP contribution in [0.25, 0.3) is 10.8 Å². The Labute approximate surface area is 131 Å². The summed E-state index contributed by atoms with van der Waals surface area (Å²) >= 11 is 3.47. The first-order valence-electron chi connectivity index (χ1n) is 6.50. The van der Waals surface area contributed by atoms with Gasteiger partial charge in [-0.3, -0.25) is 0 Å². The molecular weight excluding hydrogens is 326 g/mol. The summed E-state index contributed by atoms with van der Waals surface area (Å²) in [6, 6.07) is 18.0. The standard InChI is InChI=1S/C17H12BrN3/c1-11-2-3-14(10-19)17(20-11)21-16-7-5-12-8-15(18)6-4-13(12)9-16/h2-9H,1H3,(H,20,21). The van der Waals surface area contributed by atoms with Crippen molar-refractivity contribution in [2.24, 2.45) is 0 Å². The van der Waals surface area contributed by atoms with Crippen molar-refractivity contribution in [2.45, 2.75) is 6.92 Å². The lowest BCUT2D eigenvalue weighted by molar-refractivity contribution is 1.19. The highest BCUT2D eigenvalue weighted by molar-refractivity contribution is 9.10. The van der Waals surface area contributed by atoms with E-state index in [2.05, 4.69) is 44.4 Å². The second-order valence-corrected chi connectivity index (χ2v) is 5.71. The van der Waals surface area contributed by atoms with Crippen LogP contribution in [0.2, 0.25) is 0 Å². The summed E-state index contributed by atoms with van der Waals surface area (Å²) in [7, 11) is 0. The third kappa shape index (κ3) is 2.88. The molecule has 2 aromatic carbocycles. The Kier molecular flexibility index (Phi) is 3.59. The zero-order valence-corrected chi connectivity index (χ0v) is 13.0. The van der Waals surface area contributed by atoms with E-state index in [0.717, 1.165) is 26.6 Å². The minimum Gasteiger partial charge on any atom is -0.339 e. The summed E-state index contributed by atoms with van der Waals surface area (Å²) in [5.74, 6) is 0.592. The topological polar surface area (TPSA) is 48.7 Å². The van der Waals surface area contributed by atoms with E-state index >= 15 is 0 Å². The molecule has 0 amide bonds. The molecule has 0 radical (unpaired) electrons. The van der Waals surface area contributed by atoms with Crippen molar-refractivity contribution in [1.82, 2.24) is 4.98 Å². The van der Waals surface area contributed by atoms with Gasteiger partial charge in [0.15, 0.2) is 0 Å². The fourth-order valence-corrected chi connectivity index (χ4v) is 2.55. The third-order valence-electron chi connectivity index (χ3n) is 3.22. The van der Waals surface area contributed by atoms with Crippen LogP contribution in [0.5, 0.6) is 0 Å². The van der Waals surface area contributed by atoms with Crippen LogP contribution in [0.4, 0.5) is 11.5 Å². The monoisotopic (exact) mass is 337 g/mol. The first kappa shape index (κ1) is 13.6. The van der Waals surface area contributed by atoms with Gasteiger partial charge in [-0.1, -0.05) is 28.1 Å². The van der Waals surface area contributed by atoms with E-state index in [1.807, 2.05) is 37.3 Å². The molecule has 0 aliphatic rings. The Morgan fingerprint density at radius 2 is 1.81 bits per heavy atom. The highest BCUT2D eigenvalue weighted by Gasteiger charge is 2.05. The van der Waals surface area contributed by atoms with E-state index in [0.29, 0.717) is 11.4 Å². The molecule has 4 heteroatoms. The summed E-state index contributed by atoms with van der Waals surface area (Å²) in [4.78, 5) is 4.39. The molecule has 1 N–H and O–H groups in total. The van der Waals surface area contributed by atoms with Crippen LogP contribution in [0.15, 0.2) is 53.0 Å². The molecule has 0 saturated carbocycles. The van der Waals surface area contributed by atoms with Crippen molar-refractivity contribution in [1.29, 1.82) is 5.26 Å². The van der Waals surface area contributed by atoms with E-state index in [1.165, 1.54) is 0 Å².